The quantitative estimate of drug-likeness (QED) is 0.348. The lowest BCUT2D eigenvalue weighted by Crippen LogP contribution is -2.04. The van der Waals surface area contributed by atoms with Crippen molar-refractivity contribution in [2.75, 3.05) is 19.8 Å². The number of benzene rings is 1. The average molecular weight is 356 g/mol. The van der Waals surface area contributed by atoms with E-state index in [1.54, 1.807) is 32.0 Å². The highest BCUT2D eigenvalue weighted by Crippen LogP contribution is 2.49. The third-order valence-electron chi connectivity index (χ3n) is 2.97. The number of phosphoric acid groups is 1. The molecule has 0 saturated heterocycles. The van der Waals surface area contributed by atoms with Gasteiger partial charge < -0.3 is 14.4 Å². The Morgan fingerprint density at radius 2 is 1.92 bits per heavy atom. The van der Waals surface area contributed by atoms with Crippen molar-refractivity contribution in [3.05, 3.63) is 23.8 Å². The minimum atomic E-state index is -3.67. The van der Waals surface area contributed by atoms with Crippen molar-refractivity contribution in [3.63, 3.8) is 0 Å². The smallest absolute Gasteiger partial charge is 0.493 e. The molecular weight excluding hydrogens is 331 g/mol. The minimum Gasteiger partial charge on any atom is -0.493 e. The molecule has 6 nitrogen and oxygen atoms in total. The van der Waals surface area contributed by atoms with Gasteiger partial charge in [-0.3, -0.25) is 9.05 Å². The van der Waals surface area contributed by atoms with Gasteiger partial charge in [0.15, 0.2) is 0 Å². The van der Waals surface area contributed by atoms with E-state index in [0.717, 1.165) is 12.8 Å². The average Bonchev–Trinajstić information content (AvgIpc) is 2.55. The second kappa shape index (κ2) is 11.1. The first kappa shape index (κ1) is 20.5. The second-order valence-corrected chi connectivity index (χ2v) is 6.40. The number of phosphoric ester groups is 1. The summed E-state index contributed by atoms with van der Waals surface area (Å²) in [5.74, 6) is 3.33. The maximum Gasteiger partial charge on any atom is 0.530 e. The molecule has 0 unspecified atom stereocenters. The summed E-state index contributed by atoms with van der Waals surface area (Å²) in [6.45, 7) is 4.10. The molecule has 0 bridgehead atoms. The number of aliphatic hydroxyl groups is 1. The molecule has 134 valence electrons. The first-order chi connectivity index (χ1) is 11.6. The molecule has 0 aromatic heterocycles. The summed E-state index contributed by atoms with van der Waals surface area (Å²) in [6, 6.07) is 4.80. The Hall–Kier alpha value is -1.51. The highest BCUT2D eigenvalue weighted by atomic mass is 31.2. The summed E-state index contributed by atoms with van der Waals surface area (Å²) in [5.41, 5.74) is 0.613. The van der Waals surface area contributed by atoms with Crippen LogP contribution in [0, 0.1) is 12.3 Å². The topological polar surface area (TPSA) is 74.2 Å². The summed E-state index contributed by atoms with van der Waals surface area (Å²) in [6.07, 6.45) is 7.57. The zero-order valence-electron chi connectivity index (χ0n) is 14.2. The molecule has 0 aliphatic heterocycles. The largest absolute Gasteiger partial charge is 0.530 e. The molecule has 0 atom stereocenters. The SMILES string of the molecule is C#CCCCCOc1cc(OP(=O)(OCC)OCC)ccc1CO. The number of unbranched alkanes of at least 4 members (excludes halogenated alkanes) is 2. The maximum atomic E-state index is 12.4. The van der Waals surface area contributed by atoms with Crippen molar-refractivity contribution in [2.24, 2.45) is 0 Å². The van der Waals surface area contributed by atoms with Crippen LogP contribution in [0.3, 0.4) is 0 Å². The van der Waals surface area contributed by atoms with E-state index in [1.165, 1.54) is 0 Å². The van der Waals surface area contributed by atoms with Gasteiger partial charge in [0.2, 0.25) is 0 Å². The lowest BCUT2D eigenvalue weighted by atomic mass is 10.2. The Kier molecular flexibility index (Phi) is 9.51. The van der Waals surface area contributed by atoms with E-state index in [9.17, 15) is 9.67 Å². The summed E-state index contributed by atoms with van der Waals surface area (Å²) < 4.78 is 33.7. The van der Waals surface area contributed by atoms with Gasteiger partial charge in [0.25, 0.3) is 0 Å². The van der Waals surface area contributed by atoms with Crippen LogP contribution in [0.2, 0.25) is 0 Å². The zero-order valence-corrected chi connectivity index (χ0v) is 15.1. The lowest BCUT2D eigenvalue weighted by Gasteiger charge is -2.18. The van der Waals surface area contributed by atoms with Crippen molar-refractivity contribution in [2.45, 2.75) is 39.7 Å². The molecule has 1 N–H and O–H groups in total. The maximum absolute atomic E-state index is 12.4. The van der Waals surface area contributed by atoms with Gasteiger partial charge in [0, 0.05) is 18.1 Å². The predicted octanol–water partition coefficient (Wildman–Crippen LogP) is 3.92. The fraction of sp³-hybridized carbons (Fsp3) is 0.529. The van der Waals surface area contributed by atoms with E-state index in [2.05, 4.69) is 5.92 Å². The van der Waals surface area contributed by atoms with Crippen molar-refractivity contribution in [1.29, 1.82) is 0 Å². The van der Waals surface area contributed by atoms with Gasteiger partial charge in [-0.05, 0) is 38.8 Å². The van der Waals surface area contributed by atoms with Crippen molar-refractivity contribution in [3.8, 4) is 23.8 Å². The molecule has 1 aromatic rings. The van der Waals surface area contributed by atoms with Gasteiger partial charge in [0.1, 0.15) is 11.5 Å². The third-order valence-corrected chi connectivity index (χ3v) is 4.56. The lowest BCUT2D eigenvalue weighted by molar-refractivity contribution is 0.167. The fourth-order valence-corrected chi connectivity index (χ4v) is 3.09. The standard InChI is InChI=1S/C17H25O6P/c1-4-7-8-9-12-20-17-13-16(11-10-15(17)14-18)23-24(19,21-5-2)22-6-3/h1,10-11,13,18H,5-9,12,14H2,2-3H3. The molecular formula is C17H25O6P. The highest BCUT2D eigenvalue weighted by Gasteiger charge is 2.27. The van der Waals surface area contributed by atoms with E-state index in [1.807, 2.05) is 0 Å². The van der Waals surface area contributed by atoms with Gasteiger partial charge in [-0.25, -0.2) is 4.57 Å². The van der Waals surface area contributed by atoms with Crippen LogP contribution >= 0.6 is 7.82 Å². The Morgan fingerprint density at radius 1 is 1.21 bits per heavy atom. The van der Waals surface area contributed by atoms with E-state index in [-0.39, 0.29) is 25.6 Å². The van der Waals surface area contributed by atoms with Crippen LogP contribution in [0.25, 0.3) is 0 Å². The molecule has 0 aliphatic carbocycles. The van der Waals surface area contributed by atoms with Crippen LogP contribution in [0.1, 0.15) is 38.7 Å². The van der Waals surface area contributed by atoms with Crippen LogP contribution in [0.4, 0.5) is 0 Å². The van der Waals surface area contributed by atoms with Crippen LogP contribution < -0.4 is 9.26 Å². The van der Waals surface area contributed by atoms with Crippen molar-refractivity contribution < 1.29 is 28.0 Å². The van der Waals surface area contributed by atoms with E-state index in [4.69, 9.17) is 24.7 Å². The van der Waals surface area contributed by atoms with Gasteiger partial charge in [-0.15, -0.1) is 12.3 Å². The Bertz CT molecular complexity index is 571. The number of hydrogen-bond donors (Lipinski definition) is 1. The highest BCUT2D eigenvalue weighted by molar-refractivity contribution is 7.48. The van der Waals surface area contributed by atoms with Crippen LogP contribution in [0.15, 0.2) is 18.2 Å². The first-order valence-electron chi connectivity index (χ1n) is 7.97. The Morgan fingerprint density at radius 3 is 2.50 bits per heavy atom. The number of ether oxygens (including phenoxy) is 1. The summed E-state index contributed by atoms with van der Waals surface area (Å²) in [7, 11) is -3.67. The van der Waals surface area contributed by atoms with Gasteiger partial charge in [-0.2, -0.15) is 0 Å². The van der Waals surface area contributed by atoms with E-state index < -0.39 is 7.82 Å². The second-order valence-electron chi connectivity index (χ2n) is 4.81. The summed E-state index contributed by atoms with van der Waals surface area (Å²) >= 11 is 0. The third kappa shape index (κ3) is 6.94. The predicted molar refractivity (Wildman–Crippen MR) is 92.0 cm³/mol. The summed E-state index contributed by atoms with van der Waals surface area (Å²) in [4.78, 5) is 0. The number of rotatable bonds is 12. The van der Waals surface area contributed by atoms with Gasteiger partial charge in [0.05, 0.1) is 26.4 Å². The van der Waals surface area contributed by atoms with Crippen molar-refractivity contribution >= 4 is 7.82 Å². The first-order valence-corrected chi connectivity index (χ1v) is 9.43. The molecule has 0 aliphatic rings. The molecule has 7 heteroatoms. The minimum absolute atomic E-state index is 0.172. The van der Waals surface area contributed by atoms with Gasteiger partial charge in [-0.1, -0.05) is 0 Å². The molecule has 0 spiro atoms. The number of terminal acetylenes is 1. The molecule has 0 amide bonds. The van der Waals surface area contributed by atoms with Crippen LogP contribution in [-0.4, -0.2) is 24.9 Å². The van der Waals surface area contributed by atoms with E-state index >= 15 is 0 Å². The van der Waals surface area contributed by atoms with Gasteiger partial charge >= 0.3 is 7.82 Å². The number of aliphatic hydroxyl groups excluding tert-OH is 1. The molecule has 0 heterocycles. The van der Waals surface area contributed by atoms with E-state index in [0.29, 0.717) is 24.3 Å². The Labute approximate surface area is 143 Å². The summed E-state index contributed by atoms with van der Waals surface area (Å²) in [5, 5.41) is 9.40. The monoisotopic (exact) mass is 356 g/mol. The fourth-order valence-electron chi connectivity index (χ4n) is 1.90. The van der Waals surface area contributed by atoms with Crippen LogP contribution in [0.5, 0.6) is 11.5 Å². The molecule has 0 fully saturated rings. The van der Waals surface area contributed by atoms with Crippen molar-refractivity contribution in [1.82, 2.24) is 0 Å². The molecule has 0 saturated carbocycles. The molecule has 0 radical (unpaired) electrons. The number of hydrogen-bond acceptors (Lipinski definition) is 6. The van der Waals surface area contributed by atoms with Crippen LogP contribution in [-0.2, 0) is 20.2 Å². The molecule has 1 rings (SSSR count). The molecule has 1 aromatic carbocycles. The molecule has 24 heavy (non-hydrogen) atoms. The normalized spacial score (nSPS) is 11.1. The zero-order chi connectivity index (χ0) is 17.8. The Balaban J connectivity index is 2.80.